The van der Waals surface area contributed by atoms with Crippen molar-refractivity contribution in [3.05, 3.63) is 107 Å². The van der Waals surface area contributed by atoms with Crippen LogP contribution in [0.1, 0.15) is 16.7 Å². The summed E-state index contributed by atoms with van der Waals surface area (Å²) in [5, 5.41) is 2.96. The predicted octanol–water partition coefficient (Wildman–Crippen LogP) is 4.78. The molecule has 4 heteroatoms. The normalized spacial score (nSPS) is 10.4. The van der Waals surface area contributed by atoms with Gasteiger partial charge in [0.1, 0.15) is 5.82 Å². The van der Waals surface area contributed by atoms with Gasteiger partial charge in [0.15, 0.2) is 0 Å². The van der Waals surface area contributed by atoms with Crippen LogP contribution in [0.2, 0.25) is 0 Å². The van der Waals surface area contributed by atoms with Crippen LogP contribution in [0, 0.1) is 5.82 Å². The van der Waals surface area contributed by atoms with Crippen LogP contribution >= 0.6 is 0 Å². The molecule has 138 valence electrons. The van der Waals surface area contributed by atoms with Crippen molar-refractivity contribution in [2.45, 2.75) is 19.5 Å². The monoisotopic (exact) mass is 362 g/mol. The van der Waals surface area contributed by atoms with Crippen molar-refractivity contribution >= 4 is 6.03 Å². The highest BCUT2D eigenvalue weighted by molar-refractivity contribution is 5.74. The number of nitrogens with zero attached hydrogens (tertiary/aromatic N) is 1. The van der Waals surface area contributed by atoms with Gasteiger partial charge in [0.25, 0.3) is 0 Å². The zero-order valence-corrected chi connectivity index (χ0v) is 15.1. The van der Waals surface area contributed by atoms with E-state index in [2.05, 4.69) is 5.32 Å². The van der Waals surface area contributed by atoms with Gasteiger partial charge in [-0.05, 0) is 35.2 Å². The van der Waals surface area contributed by atoms with Gasteiger partial charge in [0.2, 0.25) is 0 Å². The molecule has 0 bridgehead atoms. The number of carbonyl (C=O) groups is 1. The van der Waals surface area contributed by atoms with Crippen molar-refractivity contribution in [3.63, 3.8) is 0 Å². The number of halogens is 1. The second-order valence-electron chi connectivity index (χ2n) is 6.44. The number of urea groups is 1. The number of rotatable bonds is 7. The minimum Gasteiger partial charge on any atom is -0.338 e. The van der Waals surface area contributed by atoms with Crippen molar-refractivity contribution in [2.24, 2.45) is 0 Å². The van der Waals surface area contributed by atoms with Crippen molar-refractivity contribution in [1.82, 2.24) is 10.2 Å². The number of amides is 2. The molecule has 0 radical (unpaired) electrons. The molecule has 0 heterocycles. The van der Waals surface area contributed by atoms with Gasteiger partial charge in [-0.1, -0.05) is 72.8 Å². The lowest BCUT2D eigenvalue weighted by Gasteiger charge is -2.23. The van der Waals surface area contributed by atoms with Gasteiger partial charge in [0, 0.05) is 19.6 Å². The molecule has 0 aliphatic heterocycles. The molecular weight excluding hydrogens is 339 g/mol. The summed E-state index contributed by atoms with van der Waals surface area (Å²) in [6.45, 7) is 1.52. The summed E-state index contributed by atoms with van der Waals surface area (Å²) < 4.78 is 13.3. The van der Waals surface area contributed by atoms with E-state index in [9.17, 15) is 9.18 Å². The van der Waals surface area contributed by atoms with Gasteiger partial charge in [-0.25, -0.2) is 9.18 Å². The fourth-order valence-electron chi connectivity index (χ4n) is 2.93. The number of nitrogens with one attached hydrogen (secondary N) is 1. The van der Waals surface area contributed by atoms with E-state index >= 15 is 0 Å². The van der Waals surface area contributed by atoms with Crippen molar-refractivity contribution < 1.29 is 9.18 Å². The Morgan fingerprint density at radius 1 is 0.778 bits per heavy atom. The van der Waals surface area contributed by atoms with E-state index in [4.69, 9.17) is 0 Å². The summed E-state index contributed by atoms with van der Waals surface area (Å²) in [5.74, 6) is -0.256. The van der Waals surface area contributed by atoms with Crippen molar-refractivity contribution in [1.29, 1.82) is 0 Å². The minimum atomic E-state index is -0.256. The van der Waals surface area contributed by atoms with E-state index < -0.39 is 0 Å². The molecule has 0 aliphatic carbocycles. The van der Waals surface area contributed by atoms with Crippen LogP contribution in [-0.2, 0) is 19.5 Å². The number of benzene rings is 3. The van der Waals surface area contributed by atoms with E-state index in [1.54, 1.807) is 11.0 Å². The summed E-state index contributed by atoms with van der Waals surface area (Å²) in [4.78, 5) is 14.5. The zero-order valence-electron chi connectivity index (χ0n) is 15.1. The Morgan fingerprint density at radius 2 is 1.33 bits per heavy atom. The SMILES string of the molecule is O=C(NCCc1cccc(F)c1)N(Cc1ccccc1)Cc1ccccc1. The fraction of sp³-hybridized carbons (Fsp3) is 0.174. The molecule has 0 unspecified atom stereocenters. The first kappa shape index (κ1) is 18.6. The second-order valence-corrected chi connectivity index (χ2v) is 6.44. The summed E-state index contributed by atoms with van der Waals surface area (Å²) in [6, 6.07) is 26.2. The highest BCUT2D eigenvalue weighted by Gasteiger charge is 2.14. The molecule has 0 aliphatic rings. The third kappa shape index (κ3) is 5.96. The highest BCUT2D eigenvalue weighted by Crippen LogP contribution is 2.10. The highest BCUT2D eigenvalue weighted by atomic mass is 19.1. The molecule has 0 atom stereocenters. The molecular formula is C23H23FN2O. The molecule has 2 amide bonds. The molecule has 0 spiro atoms. The van der Waals surface area contributed by atoms with Gasteiger partial charge in [0.05, 0.1) is 0 Å². The molecule has 0 saturated carbocycles. The van der Waals surface area contributed by atoms with Gasteiger partial charge >= 0.3 is 6.03 Å². The van der Waals surface area contributed by atoms with Crippen molar-refractivity contribution in [3.8, 4) is 0 Å². The van der Waals surface area contributed by atoms with Crippen LogP contribution in [0.4, 0.5) is 9.18 Å². The summed E-state index contributed by atoms with van der Waals surface area (Å²) >= 11 is 0. The lowest BCUT2D eigenvalue weighted by atomic mass is 10.1. The molecule has 3 rings (SSSR count). The Balaban J connectivity index is 1.62. The van der Waals surface area contributed by atoms with E-state index in [1.807, 2.05) is 66.7 Å². The molecule has 3 nitrogen and oxygen atoms in total. The summed E-state index contributed by atoms with van der Waals surface area (Å²) in [5.41, 5.74) is 3.02. The Labute approximate surface area is 159 Å². The minimum absolute atomic E-state index is 0.126. The summed E-state index contributed by atoms with van der Waals surface area (Å²) in [6.07, 6.45) is 0.591. The maximum absolute atomic E-state index is 13.3. The lowest BCUT2D eigenvalue weighted by molar-refractivity contribution is 0.192. The van der Waals surface area contributed by atoms with Crippen LogP contribution < -0.4 is 5.32 Å². The molecule has 3 aromatic carbocycles. The number of hydrogen-bond acceptors (Lipinski definition) is 1. The van der Waals surface area contributed by atoms with Crippen LogP contribution in [0.3, 0.4) is 0 Å². The zero-order chi connectivity index (χ0) is 18.9. The average Bonchev–Trinajstić information content (AvgIpc) is 2.69. The van der Waals surface area contributed by atoms with E-state index in [0.717, 1.165) is 16.7 Å². The van der Waals surface area contributed by atoms with Gasteiger partial charge in [-0.2, -0.15) is 0 Å². The Kier molecular flexibility index (Phi) is 6.58. The smallest absolute Gasteiger partial charge is 0.318 e. The second kappa shape index (κ2) is 9.53. The molecule has 1 N–H and O–H groups in total. The lowest BCUT2D eigenvalue weighted by Crippen LogP contribution is -2.40. The Morgan fingerprint density at radius 3 is 1.89 bits per heavy atom. The molecule has 0 aromatic heterocycles. The van der Waals surface area contributed by atoms with Crippen LogP contribution in [-0.4, -0.2) is 17.5 Å². The third-order valence-corrected chi connectivity index (χ3v) is 4.30. The summed E-state index contributed by atoms with van der Waals surface area (Å²) in [7, 11) is 0. The largest absolute Gasteiger partial charge is 0.338 e. The number of hydrogen-bond donors (Lipinski definition) is 1. The molecule has 27 heavy (non-hydrogen) atoms. The molecule has 0 saturated heterocycles. The first-order valence-corrected chi connectivity index (χ1v) is 9.06. The van der Waals surface area contributed by atoms with Crippen LogP contribution in [0.5, 0.6) is 0 Å². The van der Waals surface area contributed by atoms with Crippen LogP contribution in [0.15, 0.2) is 84.9 Å². The Bertz CT molecular complexity index is 811. The number of carbonyl (C=O) groups excluding carboxylic acids is 1. The van der Waals surface area contributed by atoms with Gasteiger partial charge < -0.3 is 10.2 Å². The standard InChI is InChI=1S/C23H23FN2O/c24-22-13-7-12-19(16-22)14-15-25-23(27)26(17-20-8-3-1-4-9-20)18-21-10-5-2-6-11-21/h1-13,16H,14-15,17-18H2,(H,25,27). The first-order valence-electron chi connectivity index (χ1n) is 9.06. The van der Waals surface area contributed by atoms with E-state index in [-0.39, 0.29) is 11.8 Å². The van der Waals surface area contributed by atoms with Gasteiger partial charge in [-0.3, -0.25) is 0 Å². The average molecular weight is 362 g/mol. The van der Waals surface area contributed by atoms with E-state index in [1.165, 1.54) is 12.1 Å². The third-order valence-electron chi connectivity index (χ3n) is 4.30. The quantitative estimate of drug-likeness (QED) is 0.644. The molecule has 0 fully saturated rings. The maximum atomic E-state index is 13.3. The predicted molar refractivity (Wildman–Crippen MR) is 106 cm³/mol. The van der Waals surface area contributed by atoms with Crippen molar-refractivity contribution in [2.75, 3.05) is 6.54 Å². The fourth-order valence-corrected chi connectivity index (χ4v) is 2.93. The van der Waals surface area contributed by atoms with Gasteiger partial charge in [-0.15, -0.1) is 0 Å². The topological polar surface area (TPSA) is 32.3 Å². The molecule has 3 aromatic rings. The van der Waals surface area contributed by atoms with E-state index in [0.29, 0.717) is 26.1 Å². The van der Waals surface area contributed by atoms with Crippen LogP contribution in [0.25, 0.3) is 0 Å². The first-order chi connectivity index (χ1) is 13.2. The maximum Gasteiger partial charge on any atom is 0.318 e. The Hall–Kier alpha value is -3.14.